The van der Waals surface area contributed by atoms with Gasteiger partial charge in [-0.15, -0.1) is 0 Å². The Kier molecular flexibility index (Phi) is 5.26. The van der Waals surface area contributed by atoms with Crippen molar-refractivity contribution in [2.24, 2.45) is 5.73 Å². The zero-order chi connectivity index (χ0) is 17.6. The number of allylic oxidation sites excluding steroid dienone is 1. The van der Waals surface area contributed by atoms with E-state index in [0.29, 0.717) is 17.5 Å². The van der Waals surface area contributed by atoms with Crippen LogP contribution in [0.15, 0.2) is 35.0 Å². The molecular weight excluding hydrogens is 338 g/mol. The lowest BCUT2D eigenvalue weighted by Gasteiger charge is -2.07. The monoisotopic (exact) mass is 355 g/mol. The third-order valence-electron chi connectivity index (χ3n) is 3.31. The van der Waals surface area contributed by atoms with Crippen molar-refractivity contribution in [3.05, 3.63) is 42.2 Å². The molecule has 9 heteroatoms. The topological polar surface area (TPSA) is 130 Å². The zero-order valence-electron chi connectivity index (χ0n) is 13.5. The molecule has 3 rings (SSSR count). The van der Waals surface area contributed by atoms with Crippen LogP contribution in [0.2, 0.25) is 0 Å². The minimum absolute atomic E-state index is 0.200. The molecule has 5 N–H and O–H groups in total. The minimum Gasteiger partial charge on any atom is -0.338 e. The maximum atomic E-state index is 7.04. The molecule has 128 valence electrons. The smallest absolute Gasteiger partial charge is 0.240 e. The van der Waals surface area contributed by atoms with Crippen molar-refractivity contribution < 1.29 is 4.52 Å². The Morgan fingerprint density at radius 1 is 1.36 bits per heavy atom. The lowest BCUT2D eigenvalue weighted by Crippen LogP contribution is -1.96. The molecule has 0 aliphatic carbocycles. The molecule has 0 saturated heterocycles. The SMILES string of the molecule is CSNc1cc(-c2noc(CN)n2)cc(-c2cnc(/C=C\C=N)[nH]2)c1. The highest BCUT2D eigenvalue weighted by Crippen LogP contribution is 2.29. The van der Waals surface area contributed by atoms with Gasteiger partial charge in [0, 0.05) is 29.3 Å². The number of imidazole rings is 1. The Bertz CT molecular complexity index is 900. The van der Waals surface area contributed by atoms with Crippen LogP contribution in [0.4, 0.5) is 5.69 Å². The van der Waals surface area contributed by atoms with Crippen molar-refractivity contribution in [1.29, 1.82) is 5.41 Å². The molecule has 0 spiro atoms. The van der Waals surface area contributed by atoms with E-state index in [0.717, 1.165) is 22.5 Å². The number of H-pyrrole nitrogens is 1. The van der Waals surface area contributed by atoms with E-state index in [4.69, 9.17) is 15.7 Å². The van der Waals surface area contributed by atoms with Gasteiger partial charge in [-0.3, -0.25) is 0 Å². The fourth-order valence-corrected chi connectivity index (χ4v) is 2.60. The van der Waals surface area contributed by atoms with E-state index in [-0.39, 0.29) is 6.54 Å². The summed E-state index contributed by atoms with van der Waals surface area (Å²) in [6, 6.07) is 5.90. The molecule has 3 aromatic rings. The lowest BCUT2D eigenvalue weighted by molar-refractivity contribution is 0.380. The summed E-state index contributed by atoms with van der Waals surface area (Å²) in [6.45, 7) is 0.200. The number of nitrogens with two attached hydrogens (primary N) is 1. The zero-order valence-corrected chi connectivity index (χ0v) is 14.3. The van der Waals surface area contributed by atoms with Gasteiger partial charge in [-0.25, -0.2) is 4.98 Å². The molecule has 8 nitrogen and oxygen atoms in total. The molecule has 2 heterocycles. The standard InChI is InChI=1S/C16H17N7OS/c1-25-23-12-6-10(13-9-19-14(20-13)3-2-4-17)5-11(7-12)16-21-15(8-18)24-22-16/h2-7,9,17,23H,8,18H2,1H3,(H,19,20)/b3-2-,17-4?. The summed E-state index contributed by atoms with van der Waals surface area (Å²) < 4.78 is 8.32. The van der Waals surface area contributed by atoms with Gasteiger partial charge in [-0.2, -0.15) is 4.98 Å². The van der Waals surface area contributed by atoms with Gasteiger partial charge < -0.3 is 25.4 Å². The fourth-order valence-electron chi connectivity index (χ4n) is 2.25. The second-order valence-electron chi connectivity index (χ2n) is 5.03. The van der Waals surface area contributed by atoms with Crippen LogP contribution in [0.5, 0.6) is 0 Å². The second-order valence-corrected chi connectivity index (χ2v) is 5.64. The highest BCUT2D eigenvalue weighted by Gasteiger charge is 2.12. The summed E-state index contributed by atoms with van der Waals surface area (Å²) in [5, 5.41) is 11.0. The quantitative estimate of drug-likeness (QED) is 0.379. The van der Waals surface area contributed by atoms with Crippen LogP contribution in [0.3, 0.4) is 0 Å². The molecule has 0 fully saturated rings. The molecule has 0 aliphatic heterocycles. The minimum atomic E-state index is 0.200. The number of hydrogen-bond donors (Lipinski definition) is 4. The van der Waals surface area contributed by atoms with Crippen molar-refractivity contribution in [3.8, 4) is 22.6 Å². The van der Waals surface area contributed by atoms with Crippen molar-refractivity contribution >= 4 is 29.9 Å². The van der Waals surface area contributed by atoms with Crippen LogP contribution >= 0.6 is 11.9 Å². The van der Waals surface area contributed by atoms with Crippen LogP contribution in [-0.4, -0.2) is 32.6 Å². The lowest BCUT2D eigenvalue weighted by atomic mass is 10.1. The maximum Gasteiger partial charge on any atom is 0.240 e. The van der Waals surface area contributed by atoms with E-state index in [1.807, 2.05) is 24.5 Å². The molecule has 0 aliphatic rings. The molecule has 2 aromatic heterocycles. The molecule has 0 unspecified atom stereocenters. The molecular formula is C16H17N7OS. The first kappa shape index (κ1) is 16.9. The van der Waals surface area contributed by atoms with Crippen LogP contribution in [-0.2, 0) is 6.54 Å². The van der Waals surface area contributed by atoms with Crippen LogP contribution in [0.25, 0.3) is 28.7 Å². The van der Waals surface area contributed by atoms with Gasteiger partial charge in [0.15, 0.2) is 0 Å². The average molecular weight is 355 g/mol. The van der Waals surface area contributed by atoms with Gasteiger partial charge in [0.1, 0.15) is 5.82 Å². The third kappa shape index (κ3) is 3.95. The van der Waals surface area contributed by atoms with Crippen LogP contribution in [0.1, 0.15) is 11.7 Å². The summed E-state index contributed by atoms with van der Waals surface area (Å²) in [5.41, 5.74) is 9.02. The Morgan fingerprint density at radius 3 is 2.92 bits per heavy atom. The number of benzene rings is 1. The molecule has 0 amide bonds. The summed E-state index contributed by atoms with van der Waals surface area (Å²) in [7, 11) is 0. The predicted octanol–water partition coefficient (Wildman–Crippen LogP) is 2.94. The third-order valence-corrected chi connectivity index (χ3v) is 3.75. The van der Waals surface area contributed by atoms with E-state index >= 15 is 0 Å². The van der Waals surface area contributed by atoms with Gasteiger partial charge in [0.25, 0.3) is 0 Å². The van der Waals surface area contributed by atoms with Crippen molar-refractivity contribution in [2.75, 3.05) is 11.0 Å². The van der Waals surface area contributed by atoms with Gasteiger partial charge in [0.2, 0.25) is 11.7 Å². The van der Waals surface area contributed by atoms with E-state index < -0.39 is 0 Å². The predicted molar refractivity (Wildman–Crippen MR) is 100 cm³/mol. The van der Waals surface area contributed by atoms with Gasteiger partial charge in [-0.05, 0) is 30.4 Å². The van der Waals surface area contributed by atoms with Crippen molar-refractivity contribution in [1.82, 2.24) is 20.1 Å². The normalized spacial score (nSPS) is 11.1. The molecule has 0 saturated carbocycles. The van der Waals surface area contributed by atoms with Gasteiger partial charge >= 0.3 is 0 Å². The molecule has 0 radical (unpaired) electrons. The average Bonchev–Trinajstić information content (AvgIpc) is 3.29. The fraction of sp³-hybridized carbons (Fsp3) is 0.125. The first-order valence-corrected chi connectivity index (χ1v) is 8.65. The summed E-state index contributed by atoms with van der Waals surface area (Å²) in [5.74, 6) is 1.54. The van der Waals surface area contributed by atoms with Crippen LogP contribution < -0.4 is 10.5 Å². The Hall–Kier alpha value is -2.91. The number of nitrogens with zero attached hydrogens (tertiary/aromatic N) is 3. The van der Waals surface area contributed by atoms with E-state index in [9.17, 15) is 0 Å². The number of anilines is 1. The Labute approximate surface area is 148 Å². The van der Waals surface area contributed by atoms with Gasteiger partial charge in [-0.1, -0.05) is 17.1 Å². The highest BCUT2D eigenvalue weighted by atomic mass is 32.2. The van der Waals surface area contributed by atoms with Crippen molar-refractivity contribution in [3.63, 3.8) is 0 Å². The number of hydrogen-bond acceptors (Lipinski definition) is 8. The molecule has 0 bridgehead atoms. The van der Waals surface area contributed by atoms with Crippen molar-refractivity contribution in [2.45, 2.75) is 6.54 Å². The highest BCUT2D eigenvalue weighted by molar-refractivity contribution is 7.99. The molecule has 1 aromatic carbocycles. The molecule has 25 heavy (non-hydrogen) atoms. The first-order chi connectivity index (χ1) is 12.2. The van der Waals surface area contributed by atoms with E-state index in [1.54, 1.807) is 18.3 Å². The Morgan fingerprint density at radius 2 is 2.20 bits per heavy atom. The summed E-state index contributed by atoms with van der Waals surface area (Å²) in [6.07, 6.45) is 8.23. The largest absolute Gasteiger partial charge is 0.338 e. The second kappa shape index (κ2) is 7.77. The number of rotatable bonds is 7. The van der Waals surface area contributed by atoms with E-state index in [2.05, 4.69) is 24.8 Å². The Balaban J connectivity index is 2.01. The van der Waals surface area contributed by atoms with Crippen LogP contribution in [0, 0.1) is 5.41 Å². The van der Waals surface area contributed by atoms with E-state index in [1.165, 1.54) is 18.2 Å². The molecule has 0 atom stereocenters. The number of nitrogens with one attached hydrogen (secondary N) is 3. The number of aromatic nitrogens is 4. The first-order valence-electron chi connectivity index (χ1n) is 7.43. The number of aromatic amines is 1. The van der Waals surface area contributed by atoms with Gasteiger partial charge in [0.05, 0.1) is 18.4 Å². The summed E-state index contributed by atoms with van der Waals surface area (Å²) >= 11 is 1.49. The maximum absolute atomic E-state index is 7.04. The summed E-state index contributed by atoms with van der Waals surface area (Å²) in [4.78, 5) is 11.8.